The second-order valence-electron chi connectivity index (χ2n) is 8.05. The van der Waals surface area contributed by atoms with Crippen molar-refractivity contribution in [2.24, 2.45) is 0 Å². The molecule has 2 nitrogen and oxygen atoms in total. The smallest absolute Gasteiger partial charge is 0.123 e. The molecule has 3 rings (SSSR count). The maximum atomic E-state index is 13.4. The fraction of sp³-hybridized carbons (Fsp3) is 0.500. The first-order chi connectivity index (χ1) is 14.0. The molecule has 0 unspecified atom stereocenters. The minimum atomic E-state index is -0.232. The van der Waals surface area contributed by atoms with Crippen molar-refractivity contribution < 1.29 is 8.78 Å². The Labute approximate surface area is 178 Å². The molecule has 0 radical (unpaired) electrons. The number of benzene rings is 2. The minimum Gasteiger partial charge on any atom is -0.299 e. The van der Waals surface area contributed by atoms with Gasteiger partial charge in [-0.3, -0.25) is 9.80 Å². The summed E-state index contributed by atoms with van der Waals surface area (Å²) >= 11 is 1.85. The lowest BCUT2D eigenvalue weighted by Crippen LogP contribution is -2.57. The highest BCUT2D eigenvalue weighted by Gasteiger charge is 2.28. The molecule has 2 atom stereocenters. The largest absolute Gasteiger partial charge is 0.299 e. The molecule has 5 heteroatoms. The number of hydrogen-bond acceptors (Lipinski definition) is 3. The number of thioether (sulfide) groups is 1. The van der Waals surface area contributed by atoms with Crippen molar-refractivity contribution in [1.29, 1.82) is 0 Å². The first-order valence-electron chi connectivity index (χ1n) is 10.6. The highest BCUT2D eigenvalue weighted by molar-refractivity contribution is 7.99. The lowest BCUT2D eigenvalue weighted by Gasteiger charge is -2.44. The Balaban J connectivity index is 1.63. The van der Waals surface area contributed by atoms with Crippen molar-refractivity contribution in [1.82, 2.24) is 9.80 Å². The lowest BCUT2D eigenvalue weighted by molar-refractivity contribution is 0.0425. The monoisotopic (exact) mass is 418 g/mol. The third-order valence-electron chi connectivity index (χ3n) is 5.70. The van der Waals surface area contributed by atoms with E-state index in [9.17, 15) is 8.78 Å². The molecule has 0 bridgehead atoms. The SMILES string of the molecule is CCCN1[C@H](C)CN(CCSC(c2ccc(F)cc2)c2ccc(F)cc2)C[C@@H]1C. The molecule has 1 saturated heterocycles. The maximum Gasteiger partial charge on any atom is 0.123 e. The summed E-state index contributed by atoms with van der Waals surface area (Å²) in [6.45, 7) is 11.3. The van der Waals surface area contributed by atoms with Gasteiger partial charge in [-0.2, -0.15) is 0 Å². The average molecular weight is 419 g/mol. The molecular weight excluding hydrogens is 386 g/mol. The van der Waals surface area contributed by atoms with E-state index < -0.39 is 0 Å². The zero-order valence-electron chi connectivity index (χ0n) is 17.7. The number of halogens is 2. The molecule has 0 aliphatic carbocycles. The molecule has 0 N–H and O–H groups in total. The van der Waals surface area contributed by atoms with E-state index in [1.807, 2.05) is 36.0 Å². The molecule has 158 valence electrons. The van der Waals surface area contributed by atoms with Crippen LogP contribution in [0.3, 0.4) is 0 Å². The predicted octanol–water partition coefficient (Wildman–Crippen LogP) is 5.59. The van der Waals surface area contributed by atoms with Crippen LogP contribution < -0.4 is 0 Å². The van der Waals surface area contributed by atoms with E-state index >= 15 is 0 Å². The van der Waals surface area contributed by atoms with Gasteiger partial charge in [-0.25, -0.2) is 8.78 Å². The molecule has 2 aromatic carbocycles. The second-order valence-corrected chi connectivity index (χ2v) is 9.26. The van der Waals surface area contributed by atoms with Crippen LogP contribution in [0.25, 0.3) is 0 Å². The first kappa shape index (κ1) is 22.3. The Morgan fingerprint density at radius 3 is 1.79 bits per heavy atom. The summed E-state index contributed by atoms with van der Waals surface area (Å²) in [6.07, 6.45) is 1.20. The Kier molecular flexibility index (Phi) is 8.10. The molecule has 1 aliphatic heterocycles. The molecule has 2 aromatic rings. The summed E-state index contributed by atoms with van der Waals surface area (Å²) in [5.74, 6) is 0.515. The van der Waals surface area contributed by atoms with Gasteiger partial charge in [-0.1, -0.05) is 31.2 Å². The number of rotatable bonds is 8. The molecule has 1 fully saturated rings. The van der Waals surface area contributed by atoms with E-state index in [2.05, 4.69) is 30.6 Å². The van der Waals surface area contributed by atoms with Crippen molar-refractivity contribution in [2.75, 3.05) is 31.9 Å². The lowest BCUT2D eigenvalue weighted by atomic mass is 10.0. The van der Waals surface area contributed by atoms with Crippen LogP contribution in [0.1, 0.15) is 43.6 Å². The third-order valence-corrected chi connectivity index (χ3v) is 6.99. The topological polar surface area (TPSA) is 6.48 Å². The van der Waals surface area contributed by atoms with Gasteiger partial charge in [0.1, 0.15) is 11.6 Å². The van der Waals surface area contributed by atoms with Gasteiger partial charge in [-0.15, -0.1) is 11.8 Å². The van der Waals surface area contributed by atoms with Crippen LogP contribution in [0.2, 0.25) is 0 Å². The summed E-state index contributed by atoms with van der Waals surface area (Å²) < 4.78 is 26.8. The van der Waals surface area contributed by atoms with Gasteiger partial charge < -0.3 is 0 Å². The van der Waals surface area contributed by atoms with Crippen molar-refractivity contribution in [3.8, 4) is 0 Å². The number of piperazine rings is 1. The van der Waals surface area contributed by atoms with Gasteiger partial charge in [0, 0.05) is 37.5 Å². The van der Waals surface area contributed by atoms with Crippen LogP contribution in [-0.2, 0) is 0 Å². The van der Waals surface area contributed by atoms with Gasteiger partial charge in [0.05, 0.1) is 5.25 Å². The summed E-state index contributed by atoms with van der Waals surface area (Å²) in [7, 11) is 0. The Morgan fingerprint density at radius 2 is 1.34 bits per heavy atom. The van der Waals surface area contributed by atoms with Gasteiger partial charge in [0.15, 0.2) is 0 Å². The summed E-state index contributed by atoms with van der Waals surface area (Å²) in [5.41, 5.74) is 2.11. The van der Waals surface area contributed by atoms with Crippen LogP contribution >= 0.6 is 11.8 Å². The van der Waals surface area contributed by atoms with Crippen LogP contribution in [0, 0.1) is 11.6 Å². The van der Waals surface area contributed by atoms with Crippen molar-refractivity contribution in [2.45, 2.75) is 44.5 Å². The van der Waals surface area contributed by atoms with Crippen molar-refractivity contribution in [3.05, 3.63) is 71.3 Å². The Bertz CT molecular complexity index is 693. The van der Waals surface area contributed by atoms with E-state index in [4.69, 9.17) is 0 Å². The quantitative estimate of drug-likeness (QED) is 0.552. The van der Waals surface area contributed by atoms with Gasteiger partial charge in [0.2, 0.25) is 0 Å². The van der Waals surface area contributed by atoms with Crippen LogP contribution in [-0.4, -0.2) is 53.8 Å². The van der Waals surface area contributed by atoms with Crippen molar-refractivity contribution in [3.63, 3.8) is 0 Å². The molecule has 0 amide bonds. The average Bonchev–Trinajstić information content (AvgIpc) is 2.70. The minimum absolute atomic E-state index is 0.0763. The second kappa shape index (κ2) is 10.6. The van der Waals surface area contributed by atoms with Gasteiger partial charge >= 0.3 is 0 Å². The predicted molar refractivity (Wildman–Crippen MR) is 119 cm³/mol. The van der Waals surface area contributed by atoms with Crippen LogP contribution in [0.15, 0.2) is 48.5 Å². The first-order valence-corrected chi connectivity index (χ1v) is 11.6. The van der Waals surface area contributed by atoms with E-state index in [-0.39, 0.29) is 16.9 Å². The molecule has 0 spiro atoms. The summed E-state index contributed by atoms with van der Waals surface area (Å²) in [5, 5.41) is 0.0763. The van der Waals surface area contributed by atoms with E-state index in [1.54, 1.807) is 0 Å². The zero-order valence-corrected chi connectivity index (χ0v) is 18.5. The van der Waals surface area contributed by atoms with E-state index in [0.717, 1.165) is 36.5 Å². The van der Waals surface area contributed by atoms with Gasteiger partial charge in [-0.05, 0) is 62.2 Å². The summed E-state index contributed by atoms with van der Waals surface area (Å²) in [6, 6.07) is 14.5. The van der Waals surface area contributed by atoms with Gasteiger partial charge in [0.25, 0.3) is 0 Å². The molecular formula is C24H32F2N2S. The molecule has 29 heavy (non-hydrogen) atoms. The highest BCUT2D eigenvalue weighted by atomic mass is 32.2. The maximum absolute atomic E-state index is 13.4. The van der Waals surface area contributed by atoms with Crippen LogP contribution in [0.4, 0.5) is 8.78 Å². The fourth-order valence-electron chi connectivity index (χ4n) is 4.31. The zero-order chi connectivity index (χ0) is 20.8. The normalized spacial score (nSPS) is 21.0. The van der Waals surface area contributed by atoms with E-state index in [0.29, 0.717) is 12.1 Å². The molecule has 0 saturated carbocycles. The third kappa shape index (κ3) is 6.03. The molecule has 1 aliphatic rings. The highest BCUT2D eigenvalue weighted by Crippen LogP contribution is 2.36. The van der Waals surface area contributed by atoms with Crippen LogP contribution in [0.5, 0.6) is 0 Å². The van der Waals surface area contributed by atoms with Crippen molar-refractivity contribution >= 4 is 11.8 Å². The summed E-state index contributed by atoms with van der Waals surface area (Å²) in [4.78, 5) is 5.17. The molecule has 1 heterocycles. The van der Waals surface area contributed by atoms with E-state index in [1.165, 1.54) is 37.2 Å². The Morgan fingerprint density at radius 1 is 0.862 bits per heavy atom. The Hall–Kier alpha value is -1.43. The number of nitrogens with zero attached hydrogens (tertiary/aromatic N) is 2. The standard InChI is InChI=1S/C24H32F2N2S/c1-4-13-28-18(2)16-27(17-19(28)3)14-15-29-24(20-5-9-22(25)10-6-20)21-7-11-23(26)12-8-21/h5-12,18-19,24H,4,13-17H2,1-3H3/t18-,19+. The fourth-order valence-corrected chi connectivity index (χ4v) is 5.61. The number of hydrogen-bond donors (Lipinski definition) is 0. The molecule has 0 aromatic heterocycles.